The van der Waals surface area contributed by atoms with E-state index in [9.17, 15) is 4.79 Å². The van der Waals surface area contributed by atoms with E-state index in [4.69, 9.17) is 5.11 Å². The first-order valence-corrected chi connectivity index (χ1v) is 7.74. The third-order valence-electron chi connectivity index (χ3n) is 4.95. The van der Waals surface area contributed by atoms with E-state index >= 15 is 0 Å². The molecule has 1 aromatic rings. The van der Waals surface area contributed by atoms with Gasteiger partial charge in [-0.25, -0.2) is 0 Å². The van der Waals surface area contributed by atoms with Crippen LogP contribution in [-0.2, 0) is 11.2 Å². The Morgan fingerprint density at radius 1 is 1.15 bits per heavy atom. The van der Waals surface area contributed by atoms with Crippen molar-refractivity contribution in [2.24, 2.45) is 5.92 Å². The SMILES string of the molecule is O=C(O)CC1CC2CCC(C1)N2CCc1ccccc1. The summed E-state index contributed by atoms with van der Waals surface area (Å²) in [4.78, 5) is 13.5. The van der Waals surface area contributed by atoms with Crippen molar-refractivity contribution < 1.29 is 9.90 Å². The topological polar surface area (TPSA) is 40.5 Å². The Kier molecular flexibility index (Phi) is 4.06. The Balaban J connectivity index is 1.56. The third-order valence-corrected chi connectivity index (χ3v) is 4.95. The quantitative estimate of drug-likeness (QED) is 0.896. The summed E-state index contributed by atoms with van der Waals surface area (Å²) in [6.45, 7) is 1.12. The third kappa shape index (κ3) is 3.04. The number of hydrogen-bond donors (Lipinski definition) is 1. The summed E-state index contributed by atoms with van der Waals surface area (Å²) in [6, 6.07) is 11.9. The fourth-order valence-corrected chi connectivity index (χ4v) is 4.07. The minimum Gasteiger partial charge on any atom is -0.481 e. The molecular weight excluding hydrogens is 250 g/mol. The lowest BCUT2D eigenvalue weighted by atomic mass is 9.88. The Labute approximate surface area is 120 Å². The maximum atomic E-state index is 10.9. The average molecular weight is 273 g/mol. The number of nitrogens with zero attached hydrogens (tertiary/aromatic N) is 1. The van der Waals surface area contributed by atoms with Gasteiger partial charge in [0, 0.05) is 25.0 Å². The van der Waals surface area contributed by atoms with Gasteiger partial charge in [-0.05, 0) is 43.6 Å². The highest BCUT2D eigenvalue weighted by molar-refractivity contribution is 5.67. The van der Waals surface area contributed by atoms with Crippen LogP contribution in [0, 0.1) is 5.92 Å². The van der Waals surface area contributed by atoms with Crippen molar-refractivity contribution in [2.45, 2.75) is 50.6 Å². The monoisotopic (exact) mass is 273 g/mol. The van der Waals surface area contributed by atoms with Crippen molar-refractivity contribution in [1.29, 1.82) is 0 Å². The molecule has 0 saturated carbocycles. The molecule has 2 aliphatic heterocycles. The van der Waals surface area contributed by atoms with Gasteiger partial charge in [-0.15, -0.1) is 0 Å². The molecule has 0 spiro atoms. The number of carboxylic acids is 1. The number of fused-ring (bicyclic) bond motifs is 2. The van der Waals surface area contributed by atoms with Gasteiger partial charge in [-0.1, -0.05) is 30.3 Å². The van der Waals surface area contributed by atoms with Gasteiger partial charge in [-0.2, -0.15) is 0 Å². The minimum absolute atomic E-state index is 0.361. The lowest BCUT2D eigenvalue weighted by Crippen LogP contribution is -2.44. The Morgan fingerprint density at radius 3 is 2.40 bits per heavy atom. The van der Waals surface area contributed by atoms with E-state index in [1.165, 1.54) is 18.4 Å². The fourth-order valence-electron chi connectivity index (χ4n) is 4.07. The number of carbonyl (C=O) groups is 1. The lowest BCUT2D eigenvalue weighted by Gasteiger charge is -2.38. The van der Waals surface area contributed by atoms with Crippen LogP contribution in [0.4, 0.5) is 0 Å². The number of hydrogen-bond acceptors (Lipinski definition) is 2. The van der Waals surface area contributed by atoms with Crippen molar-refractivity contribution in [3.63, 3.8) is 0 Å². The Bertz CT molecular complexity index is 445. The molecule has 2 bridgehead atoms. The zero-order chi connectivity index (χ0) is 13.9. The van der Waals surface area contributed by atoms with Crippen LogP contribution in [0.1, 0.15) is 37.7 Å². The molecule has 2 atom stereocenters. The Morgan fingerprint density at radius 2 is 1.80 bits per heavy atom. The summed E-state index contributed by atoms with van der Waals surface area (Å²) < 4.78 is 0. The largest absolute Gasteiger partial charge is 0.481 e. The molecule has 1 N–H and O–H groups in total. The molecule has 2 heterocycles. The van der Waals surface area contributed by atoms with Crippen LogP contribution in [0.3, 0.4) is 0 Å². The van der Waals surface area contributed by atoms with E-state index in [-0.39, 0.29) is 0 Å². The van der Waals surface area contributed by atoms with E-state index in [2.05, 4.69) is 35.2 Å². The zero-order valence-corrected chi connectivity index (χ0v) is 11.9. The molecular formula is C17H23NO2. The summed E-state index contributed by atoms with van der Waals surface area (Å²) in [7, 11) is 0. The van der Waals surface area contributed by atoms with Gasteiger partial charge in [0.25, 0.3) is 0 Å². The van der Waals surface area contributed by atoms with Gasteiger partial charge in [0.2, 0.25) is 0 Å². The predicted molar refractivity (Wildman–Crippen MR) is 78.6 cm³/mol. The molecule has 0 aromatic heterocycles. The van der Waals surface area contributed by atoms with E-state index < -0.39 is 5.97 Å². The molecule has 0 radical (unpaired) electrons. The van der Waals surface area contributed by atoms with Crippen LogP contribution in [0.25, 0.3) is 0 Å². The highest BCUT2D eigenvalue weighted by atomic mass is 16.4. The number of rotatable bonds is 5. The van der Waals surface area contributed by atoms with E-state index in [1.54, 1.807) is 0 Å². The predicted octanol–water partition coefficient (Wildman–Crippen LogP) is 2.95. The molecule has 1 aromatic carbocycles. The van der Waals surface area contributed by atoms with Crippen LogP contribution in [-0.4, -0.2) is 34.6 Å². The highest BCUT2D eigenvalue weighted by Gasteiger charge is 2.40. The van der Waals surface area contributed by atoms with Crippen molar-refractivity contribution in [2.75, 3.05) is 6.54 Å². The summed E-state index contributed by atoms with van der Waals surface area (Å²) in [5.41, 5.74) is 1.40. The molecule has 2 aliphatic rings. The van der Waals surface area contributed by atoms with Gasteiger partial charge < -0.3 is 5.11 Å². The van der Waals surface area contributed by atoms with Crippen molar-refractivity contribution in [3.8, 4) is 0 Å². The Hall–Kier alpha value is -1.35. The maximum Gasteiger partial charge on any atom is 0.303 e. The van der Waals surface area contributed by atoms with Crippen LogP contribution >= 0.6 is 0 Å². The van der Waals surface area contributed by atoms with Crippen molar-refractivity contribution in [1.82, 2.24) is 4.90 Å². The average Bonchev–Trinajstić information content (AvgIpc) is 2.67. The second kappa shape index (κ2) is 5.96. The lowest BCUT2D eigenvalue weighted by molar-refractivity contribution is -0.138. The van der Waals surface area contributed by atoms with Gasteiger partial charge in [0.1, 0.15) is 0 Å². The second-order valence-corrected chi connectivity index (χ2v) is 6.29. The molecule has 2 unspecified atom stereocenters. The second-order valence-electron chi connectivity index (χ2n) is 6.29. The molecule has 0 aliphatic carbocycles. The standard InChI is InChI=1S/C17H23NO2/c19-17(20)12-14-10-15-6-7-16(11-14)18(15)9-8-13-4-2-1-3-5-13/h1-5,14-16H,6-12H2,(H,19,20). The number of aliphatic carboxylic acids is 1. The van der Waals surface area contributed by atoms with Gasteiger partial charge in [0.05, 0.1) is 0 Å². The zero-order valence-electron chi connectivity index (χ0n) is 11.9. The van der Waals surface area contributed by atoms with Crippen LogP contribution < -0.4 is 0 Å². The molecule has 0 amide bonds. The molecule has 2 saturated heterocycles. The summed E-state index contributed by atoms with van der Waals surface area (Å²) in [5, 5.41) is 8.96. The maximum absolute atomic E-state index is 10.9. The normalized spacial score (nSPS) is 29.5. The fraction of sp³-hybridized carbons (Fsp3) is 0.588. The van der Waals surface area contributed by atoms with Gasteiger partial charge in [0.15, 0.2) is 0 Å². The summed E-state index contributed by atoms with van der Waals surface area (Å²) >= 11 is 0. The summed E-state index contributed by atoms with van der Waals surface area (Å²) in [5.74, 6) is -0.231. The summed E-state index contributed by atoms with van der Waals surface area (Å²) in [6.07, 6.45) is 6.15. The number of piperidine rings is 1. The van der Waals surface area contributed by atoms with E-state index in [1.807, 2.05) is 0 Å². The number of benzene rings is 1. The molecule has 3 nitrogen and oxygen atoms in total. The van der Waals surface area contributed by atoms with Gasteiger partial charge in [-0.3, -0.25) is 9.69 Å². The molecule has 20 heavy (non-hydrogen) atoms. The van der Waals surface area contributed by atoms with Crippen LogP contribution in [0.2, 0.25) is 0 Å². The first-order valence-electron chi connectivity index (χ1n) is 7.74. The van der Waals surface area contributed by atoms with Crippen molar-refractivity contribution >= 4 is 5.97 Å². The first kappa shape index (κ1) is 13.6. The minimum atomic E-state index is -0.632. The van der Waals surface area contributed by atoms with E-state index in [0.717, 1.165) is 25.8 Å². The molecule has 3 rings (SSSR count). The molecule has 3 heteroatoms. The van der Waals surface area contributed by atoms with Crippen LogP contribution in [0.5, 0.6) is 0 Å². The molecule has 2 fully saturated rings. The van der Waals surface area contributed by atoms with E-state index in [0.29, 0.717) is 24.4 Å². The number of carboxylic acid groups (broad SMARTS) is 1. The van der Waals surface area contributed by atoms with Crippen molar-refractivity contribution in [3.05, 3.63) is 35.9 Å². The first-order chi connectivity index (χ1) is 9.72. The van der Waals surface area contributed by atoms with Crippen LogP contribution in [0.15, 0.2) is 30.3 Å². The van der Waals surface area contributed by atoms with Gasteiger partial charge >= 0.3 is 5.97 Å². The molecule has 108 valence electrons. The smallest absolute Gasteiger partial charge is 0.303 e. The highest BCUT2D eigenvalue weighted by Crippen LogP contribution is 2.39.